The van der Waals surface area contributed by atoms with Gasteiger partial charge in [-0.2, -0.15) is 4.98 Å². The summed E-state index contributed by atoms with van der Waals surface area (Å²) in [6.07, 6.45) is -1.12. The molecule has 0 aliphatic carbocycles. The Balaban J connectivity index is 2.47. The molecule has 1 N–H and O–H groups in total. The molecule has 1 unspecified atom stereocenters. The van der Waals surface area contributed by atoms with Crippen LogP contribution in [0.5, 0.6) is 0 Å². The molecule has 0 fully saturated rings. The maximum Gasteiger partial charge on any atom is 0.294 e. The summed E-state index contributed by atoms with van der Waals surface area (Å²) in [5, 5.41) is 21.6. The predicted molar refractivity (Wildman–Crippen MR) is 49.0 cm³/mol. The lowest BCUT2D eigenvalue weighted by molar-refractivity contribution is -0.759. The molecule has 0 bridgehead atoms. The van der Waals surface area contributed by atoms with E-state index in [4.69, 9.17) is 23.2 Å². The minimum Gasteiger partial charge on any atom is -0.389 e. The largest absolute Gasteiger partial charge is 0.389 e. The number of aliphatic hydroxyl groups is 1. The van der Waals surface area contributed by atoms with Gasteiger partial charge in [-0.15, -0.1) is 15.2 Å². The molecule has 0 saturated carbocycles. The Bertz CT molecular complexity index is 357. The van der Waals surface area contributed by atoms with E-state index in [1.807, 2.05) is 0 Å². The van der Waals surface area contributed by atoms with Gasteiger partial charge in [0.05, 0.1) is 12.6 Å². The van der Waals surface area contributed by atoms with Crippen molar-refractivity contribution in [3.8, 4) is 0 Å². The van der Waals surface area contributed by atoms with Crippen LogP contribution in [0.25, 0.3) is 0 Å². The minimum atomic E-state index is -1.12. The molecule has 1 heterocycles. The molecule has 8 nitrogen and oxygen atoms in total. The molecule has 0 radical (unpaired) electrons. The van der Waals surface area contributed by atoms with E-state index in [0.717, 1.165) is 4.68 Å². The lowest BCUT2D eigenvalue weighted by Gasteiger charge is -2.08. The van der Waals surface area contributed by atoms with Gasteiger partial charge in [0.15, 0.2) is 0 Å². The van der Waals surface area contributed by atoms with Gasteiger partial charge in [0.25, 0.3) is 5.09 Å². The van der Waals surface area contributed by atoms with Crippen LogP contribution in [0.15, 0.2) is 0 Å². The lowest BCUT2D eigenvalue weighted by atomic mass is 10.4. The van der Waals surface area contributed by atoms with Crippen molar-refractivity contribution >= 4 is 23.2 Å². The van der Waals surface area contributed by atoms with Crippen molar-refractivity contribution in [2.75, 3.05) is 6.61 Å². The van der Waals surface area contributed by atoms with Crippen LogP contribution in [-0.2, 0) is 11.4 Å². The first-order valence-corrected chi connectivity index (χ1v) is 4.46. The number of hydrogen-bond donors (Lipinski definition) is 1. The number of rotatable bonds is 5. The van der Waals surface area contributed by atoms with Crippen LogP contribution in [0.3, 0.4) is 0 Å². The van der Waals surface area contributed by atoms with Crippen molar-refractivity contribution in [3.63, 3.8) is 0 Å². The summed E-state index contributed by atoms with van der Waals surface area (Å²) >= 11 is 11.0. The van der Waals surface area contributed by atoms with Crippen LogP contribution < -0.4 is 0 Å². The number of aromatic nitrogens is 3. The smallest absolute Gasteiger partial charge is 0.294 e. The molecule has 1 rings (SSSR count). The SMILES string of the molecule is O=[N+]([O-])OCC(O)Cn1nc(Cl)nc1Cl. The van der Waals surface area contributed by atoms with Crippen LogP contribution >= 0.6 is 23.2 Å². The van der Waals surface area contributed by atoms with Gasteiger partial charge in [-0.25, -0.2) is 4.68 Å². The molecule has 15 heavy (non-hydrogen) atoms. The fourth-order valence-electron chi connectivity index (χ4n) is 0.812. The first-order chi connectivity index (χ1) is 6.99. The molecule has 10 heteroatoms. The first-order valence-electron chi connectivity index (χ1n) is 3.70. The Morgan fingerprint density at radius 2 is 2.33 bits per heavy atom. The average molecular weight is 257 g/mol. The molecule has 1 aromatic rings. The van der Waals surface area contributed by atoms with Gasteiger partial charge in [0.2, 0.25) is 10.6 Å². The Hall–Kier alpha value is -1.12. The second-order valence-electron chi connectivity index (χ2n) is 2.51. The third kappa shape index (κ3) is 3.86. The van der Waals surface area contributed by atoms with Crippen LogP contribution in [0.1, 0.15) is 0 Å². The third-order valence-corrected chi connectivity index (χ3v) is 1.80. The summed E-state index contributed by atoms with van der Waals surface area (Å²) in [4.78, 5) is 17.3. The van der Waals surface area contributed by atoms with Gasteiger partial charge < -0.3 is 9.94 Å². The standard InChI is InChI=1S/C5H6Cl2N4O4/c6-4-8-5(7)10(9-4)1-3(12)2-15-11(13)14/h3,12H,1-2H2. The van der Waals surface area contributed by atoms with E-state index in [9.17, 15) is 15.2 Å². The highest BCUT2D eigenvalue weighted by atomic mass is 35.5. The molecule has 0 aromatic carbocycles. The highest BCUT2D eigenvalue weighted by Gasteiger charge is 2.12. The van der Waals surface area contributed by atoms with E-state index in [0.29, 0.717) is 0 Å². The lowest BCUT2D eigenvalue weighted by Crippen LogP contribution is -2.24. The van der Waals surface area contributed by atoms with Gasteiger partial charge in [-0.3, -0.25) is 0 Å². The number of nitrogens with zero attached hydrogens (tertiary/aromatic N) is 4. The maximum absolute atomic E-state index is 9.82. The minimum absolute atomic E-state index is 0.0137. The van der Waals surface area contributed by atoms with Gasteiger partial charge in [0.1, 0.15) is 6.61 Å². The molecule has 1 atom stereocenters. The second kappa shape index (κ2) is 5.10. The van der Waals surface area contributed by atoms with Crippen LogP contribution in [0, 0.1) is 10.1 Å². The highest BCUT2D eigenvalue weighted by molar-refractivity contribution is 6.31. The maximum atomic E-state index is 9.82. The number of halogens is 2. The highest BCUT2D eigenvalue weighted by Crippen LogP contribution is 2.09. The third-order valence-electron chi connectivity index (χ3n) is 1.36. The zero-order valence-electron chi connectivity index (χ0n) is 7.21. The Kier molecular flexibility index (Phi) is 4.06. The average Bonchev–Trinajstić information content (AvgIpc) is 2.42. The van der Waals surface area contributed by atoms with Gasteiger partial charge in [-0.1, -0.05) is 0 Å². The quantitative estimate of drug-likeness (QED) is 0.595. The van der Waals surface area contributed by atoms with Gasteiger partial charge >= 0.3 is 0 Å². The monoisotopic (exact) mass is 256 g/mol. The normalized spacial score (nSPS) is 12.5. The molecule has 0 aliphatic rings. The zero-order chi connectivity index (χ0) is 11.4. The predicted octanol–water partition coefficient (Wildman–Crippen LogP) is 0.154. The van der Waals surface area contributed by atoms with Crippen molar-refractivity contribution in [1.29, 1.82) is 0 Å². The van der Waals surface area contributed by atoms with Crippen molar-refractivity contribution in [3.05, 3.63) is 20.7 Å². The van der Waals surface area contributed by atoms with Crippen molar-refractivity contribution in [2.45, 2.75) is 12.6 Å². The summed E-state index contributed by atoms with van der Waals surface area (Å²) in [7, 11) is 0. The van der Waals surface area contributed by atoms with E-state index in [-0.39, 0.29) is 17.1 Å². The number of hydrogen-bond acceptors (Lipinski definition) is 6. The van der Waals surface area contributed by atoms with E-state index >= 15 is 0 Å². The van der Waals surface area contributed by atoms with Gasteiger partial charge in [0, 0.05) is 0 Å². The van der Waals surface area contributed by atoms with E-state index in [2.05, 4.69) is 14.9 Å². The fraction of sp³-hybridized carbons (Fsp3) is 0.600. The van der Waals surface area contributed by atoms with Crippen molar-refractivity contribution in [2.24, 2.45) is 0 Å². The molecule has 84 valence electrons. The number of aliphatic hydroxyl groups excluding tert-OH is 1. The summed E-state index contributed by atoms with van der Waals surface area (Å²) < 4.78 is 1.11. The Labute approximate surface area is 93.5 Å². The molecular formula is C5H6Cl2N4O4. The fourth-order valence-corrected chi connectivity index (χ4v) is 1.21. The molecule has 0 spiro atoms. The summed E-state index contributed by atoms with van der Waals surface area (Å²) in [5.74, 6) is 0. The molecule has 0 aliphatic heterocycles. The second-order valence-corrected chi connectivity index (χ2v) is 3.18. The van der Waals surface area contributed by atoms with E-state index in [1.165, 1.54) is 0 Å². The van der Waals surface area contributed by atoms with Crippen LogP contribution in [0.4, 0.5) is 0 Å². The Morgan fingerprint density at radius 3 is 2.80 bits per heavy atom. The first kappa shape index (κ1) is 12.0. The van der Waals surface area contributed by atoms with Crippen LogP contribution in [-0.4, -0.2) is 37.7 Å². The molecular weight excluding hydrogens is 251 g/mol. The van der Waals surface area contributed by atoms with Crippen molar-refractivity contribution < 1.29 is 15.0 Å². The Morgan fingerprint density at radius 1 is 1.67 bits per heavy atom. The van der Waals surface area contributed by atoms with Crippen LogP contribution in [0.2, 0.25) is 10.6 Å². The summed E-state index contributed by atoms with van der Waals surface area (Å²) in [5.41, 5.74) is 0. The van der Waals surface area contributed by atoms with Crippen molar-refractivity contribution in [1.82, 2.24) is 14.8 Å². The summed E-state index contributed by atoms with van der Waals surface area (Å²) in [6, 6.07) is 0. The molecule has 0 saturated heterocycles. The topological polar surface area (TPSA) is 103 Å². The van der Waals surface area contributed by atoms with E-state index in [1.54, 1.807) is 0 Å². The van der Waals surface area contributed by atoms with Gasteiger partial charge in [-0.05, 0) is 23.2 Å². The zero-order valence-corrected chi connectivity index (χ0v) is 8.72. The molecule has 0 amide bonds. The summed E-state index contributed by atoms with van der Waals surface area (Å²) in [6.45, 7) is -0.562. The van der Waals surface area contributed by atoms with E-state index < -0.39 is 17.8 Å². The molecule has 1 aromatic heterocycles.